The summed E-state index contributed by atoms with van der Waals surface area (Å²) in [4.78, 5) is 25.1. The fourth-order valence-corrected chi connectivity index (χ4v) is 3.17. The molecule has 0 fully saturated rings. The molecular formula is C19H16Cl3N5O. The van der Waals surface area contributed by atoms with Gasteiger partial charge >= 0.3 is 0 Å². The van der Waals surface area contributed by atoms with Gasteiger partial charge < -0.3 is 10.6 Å². The summed E-state index contributed by atoms with van der Waals surface area (Å²) >= 11 is 18.2. The van der Waals surface area contributed by atoms with E-state index in [-0.39, 0.29) is 26.8 Å². The van der Waals surface area contributed by atoms with E-state index in [0.717, 1.165) is 5.69 Å². The maximum absolute atomic E-state index is 12.5. The normalized spacial score (nSPS) is 10.8. The van der Waals surface area contributed by atoms with Crippen molar-refractivity contribution in [2.24, 2.45) is 0 Å². The first kappa shape index (κ1) is 20.3. The van der Waals surface area contributed by atoms with E-state index in [2.05, 4.69) is 25.6 Å². The van der Waals surface area contributed by atoms with Gasteiger partial charge in [0.05, 0.1) is 21.3 Å². The van der Waals surface area contributed by atoms with Crippen LogP contribution in [-0.4, -0.2) is 20.9 Å². The minimum Gasteiger partial charge on any atom is -0.325 e. The molecule has 6 nitrogen and oxygen atoms in total. The Morgan fingerprint density at radius 3 is 2.39 bits per heavy atom. The molecule has 2 heterocycles. The van der Waals surface area contributed by atoms with Gasteiger partial charge in [-0.25, -0.2) is 15.0 Å². The van der Waals surface area contributed by atoms with E-state index in [0.29, 0.717) is 17.3 Å². The molecule has 3 aromatic rings. The van der Waals surface area contributed by atoms with Crippen LogP contribution in [0.5, 0.6) is 0 Å². The van der Waals surface area contributed by atoms with Gasteiger partial charge in [0.25, 0.3) is 5.91 Å². The van der Waals surface area contributed by atoms with Crippen LogP contribution in [0, 0.1) is 0 Å². The Labute approximate surface area is 177 Å². The van der Waals surface area contributed by atoms with Crippen molar-refractivity contribution < 1.29 is 4.79 Å². The number of carbonyl (C=O) groups is 1. The van der Waals surface area contributed by atoms with Crippen LogP contribution in [0.4, 0.5) is 17.3 Å². The van der Waals surface area contributed by atoms with Crippen LogP contribution >= 0.6 is 34.8 Å². The average Bonchev–Trinajstić information content (AvgIpc) is 2.61. The first-order valence-electron chi connectivity index (χ1n) is 8.36. The summed E-state index contributed by atoms with van der Waals surface area (Å²) in [5, 5.41) is 6.52. The Bertz CT molecular complexity index is 1010. The minimum atomic E-state index is -0.417. The highest BCUT2D eigenvalue weighted by atomic mass is 35.5. The Morgan fingerprint density at radius 1 is 1.00 bits per heavy atom. The number of nitrogens with zero attached hydrogens (tertiary/aromatic N) is 3. The maximum atomic E-state index is 12.5. The summed E-state index contributed by atoms with van der Waals surface area (Å²) in [5.74, 6) is 0.765. The lowest BCUT2D eigenvalue weighted by Crippen LogP contribution is -2.13. The van der Waals surface area contributed by atoms with Crippen molar-refractivity contribution in [2.45, 2.75) is 19.8 Å². The van der Waals surface area contributed by atoms with Gasteiger partial charge in [0.1, 0.15) is 11.6 Å². The number of aromatic nitrogens is 3. The molecule has 9 heteroatoms. The molecule has 0 saturated heterocycles. The van der Waals surface area contributed by atoms with Crippen molar-refractivity contribution >= 4 is 58.0 Å². The molecule has 2 aromatic heterocycles. The molecule has 0 atom stereocenters. The second-order valence-electron chi connectivity index (χ2n) is 6.21. The van der Waals surface area contributed by atoms with Gasteiger partial charge in [0.15, 0.2) is 0 Å². The molecule has 0 radical (unpaired) electrons. The molecule has 144 valence electrons. The van der Waals surface area contributed by atoms with Crippen molar-refractivity contribution in [1.29, 1.82) is 0 Å². The Hall–Kier alpha value is -2.41. The van der Waals surface area contributed by atoms with E-state index in [1.54, 1.807) is 42.6 Å². The predicted molar refractivity (Wildman–Crippen MR) is 113 cm³/mol. The first-order valence-corrected chi connectivity index (χ1v) is 9.50. The summed E-state index contributed by atoms with van der Waals surface area (Å²) in [6.45, 7) is 4.02. The molecule has 2 N–H and O–H groups in total. The van der Waals surface area contributed by atoms with Crippen LogP contribution in [0.2, 0.25) is 15.3 Å². The minimum absolute atomic E-state index is 0.145. The van der Waals surface area contributed by atoms with Gasteiger partial charge in [-0.05, 0) is 35.7 Å². The van der Waals surface area contributed by atoms with Crippen LogP contribution in [-0.2, 0) is 0 Å². The van der Waals surface area contributed by atoms with E-state index in [1.807, 2.05) is 13.8 Å². The highest BCUT2D eigenvalue weighted by molar-refractivity contribution is 6.40. The van der Waals surface area contributed by atoms with Gasteiger partial charge in [0.2, 0.25) is 5.28 Å². The Kier molecular flexibility index (Phi) is 6.34. The topological polar surface area (TPSA) is 79.8 Å². The van der Waals surface area contributed by atoms with E-state index >= 15 is 0 Å². The molecule has 0 unspecified atom stereocenters. The number of rotatable bonds is 5. The maximum Gasteiger partial charge on any atom is 0.258 e. The number of benzene rings is 1. The monoisotopic (exact) mass is 435 g/mol. The van der Waals surface area contributed by atoms with Gasteiger partial charge in [-0.2, -0.15) is 0 Å². The molecule has 0 aliphatic heterocycles. The number of hydrogen-bond acceptors (Lipinski definition) is 5. The van der Waals surface area contributed by atoms with E-state index < -0.39 is 5.91 Å². The molecule has 3 rings (SSSR count). The number of nitrogens with one attached hydrogen (secondary N) is 2. The molecule has 1 aromatic carbocycles. The van der Waals surface area contributed by atoms with Crippen molar-refractivity contribution in [3.05, 3.63) is 69.2 Å². The standard InChI is InChI=1S/C19H16Cl3N5O/c1-10(2)14-9-16(27-19(22)25-14)26-15-8-11(6-7-23-15)24-18(28)17-12(20)4-3-5-13(17)21/h3-10H,1-2H3,(H2,23,24,25,26,27,28). The fraction of sp³-hybridized carbons (Fsp3) is 0.158. The van der Waals surface area contributed by atoms with Crippen molar-refractivity contribution in [3.63, 3.8) is 0 Å². The van der Waals surface area contributed by atoms with Crippen LogP contribution < -0.4 is 10.6 Å². The van der Waals surface area contributed by atoms with E-state index in [9.17, 15) is 4.79 Å². The quantitative estimate of drug-likeness (QED) is 0.483. The highest BCUT2D eigenvalue weighted by Crippen LogP contribution is 2.26. The average molecular weight is 437 g/mol. The molecule has 0 aliphatic rings. The van der Waals surface area contributed by atoms with Gasteiger partial charge in [0, 0.05) is 24.0 Å². The lowest BCUT2D eigenvalue weighted by molar-refractivity contribution is 0.102. The molecule has 0 saturated carbocycles. The number of anilines is 3. The third-order valence-electron chi connectivity index (χ3n) is 3.77. The Morgan fingerprint density at radius 2 is 1.71 bits per heavy atom. The smallest absolute Gasteiger partial charge is 0.258 e. The summed E-state index contributed by atoms with van der Waals surface area (Å²) in [7, 11) is 0. The molecule has 0 bridgehead atoms. The summed E-state index contributed by atoms with van der Waals surface area (Å²) in [5.41, 5.74) is 1.53. The van der Waals surface area contributed by atoms with Crippen LogP contribution in [0.1, 0.15) is 35.8 Å². The number of amides is 1. The molecule has 1 amide bonds. The van der Waals surface area contributed by atoms with E-state index in [1.165, 1.54) is 0 Å². The third-order valence-corrected chi connectivity index (χ3v) is 4.57. The zero-order chi connectivity index (χ0) is 20.3. The van der Waals surface area contributed by atoms with Gasteiger partial charge in [-0.15, -0.1) is 0 Å². The summed E-state index contributed by atoms with van der Waals surface area (Å²) < 4.78 is 0. The highest BCUT2D eigenvalue weighted by Gasteiger charge is 2.15. The number of pyridine rings is 1. The summed E-state index contributed by atoms with van der Waals surface area (Å²) in [6, 6.07) is 10.00. The second-order valence-corrected chi connectivity index (χ2v) is 7.36. The van der Waals surface area contributed by atoms with Crippen molar-refractivity contribution in [3.8, 4) is 0 Å². The molecule has 28 heavy (non-hydrogen) atoms. The lowest BCUT2D eigenvalue weighted by Gasteiger charge is -2.11. The number of halogens is 3. The van der Waals surface area contributed by atoms with Gasteiger partial charge in [-0.3, -0.25) is 4.79 Å². The fourth-order valence-electron chi connectivity index (χ4n) is 2.41. The number of hydrogen-bond donors (Lipinski definition) is 2. The van der Waals surface area contributed by atoms with Crippen molar-refractivity contribution in [2.75, 3.05) is 10.6 Å². The first-order chi connectivity index (χ1) is 13.3. The van der Waals surface area contributed by atoms with Crippen molar-refractivity contribution in [1.82, 2.24) is 15.0 Å². The molecule has 0 aliphatic carbocycles. The third kappa shape index (κ3) is 4.90. The lowest BCUT2D eigenvalue weighted by atomic mass is 10.1. The van der Waals surface area contributed by atoms with Gasteiger partial charge in [-0.1, -0.05) is 43.1 Å². The largest absolute Gasteiger partial charge is 0.325 e. The van der Waals surface area contributed by atoms with Crippen LogP contribution in [0.25, 0.3) is 0 Å². The predicted octanol–water partition coefficient (Wildman–Crippen LogP) is 5.95. The molecule has 0 spiro atoms. The van der Waals surface area contributed by atoms with Crippen LogP contribution in [0.15, 0.2) is 42.6 Å². The zero-order valence-electron chi connectivity index (χ0n) is 15.0. The molecular weight excluding hydrogens is 421 g/mol. The summed E-state index contributed by atoms with van der Waals surface area (Å²) in [6.07, 6.45) is 1.55. The van der Waals surface area contributed by atoms with E-state index in [4.69, 9.17) is 34.8 Å². The zero-order valence-corrected chi connectivity index (χ0v) is 17.3. The Balaban J connectivity index is 1.80. The number of carbonyl (C=O) groups excluding carboxylic acids is 1. The van der Waals surface area contributed by atoms with Crippen LogP contribution in [0.3, 0.4) is 0 Å². The second kappa shape index (κ2) is 8.73. The SMILES string of the molecule is CC(C)c1cc(Nc2cc(NC(=O)c3c(Cl)cccc3Cl)ccn2)nc(Cl)n1.